The molecule has 8 nitrogen and oxygen atoms in total. The number of carbonyl (C=O) groups is 2. The van der Waals surface area contributed by atoms with Crippen molar-refractivity contribution >= 4 is 23.6 Å². The number of anilines is 1. The van der Waals surface area contributed by atoms with E-state index in [1.807, 2.05) is 30.3 Å². The second-order valence-electron chi connectivity index (χ2n) is 8.14. The quantitative estimate of drug-likeness (QED) is 0.524. The number of piperidine rings is 1. The van der Waals surface area contributed by atoms with Crippen LogP contribution in [0.5, 0.6) is 11.5 Å². The fourth-order valence-electron chi connectivity index (χ4n) is 3.86. The number of likely N-dealkylation sites (tertiary alicyclic amines) is 1. The van der Waals surface area contributed by atoms with Crippen molar-refractivity contribution < 1.29 is 19.1 Å². The van der Waals surface area contributed by atoms with Crippen LogP contribution in [0.1, 0.15) is 24.0 Å². The molecule has 8 heteroatoms. The third-order valence-electron chi connectivity index (χ3n) is 5.84. The number of carbonyl (C=O) groups excluding carboxylic acids is 2. The van der Waals surface area contributed by atoms with Crippen LogP contribution in [0.4, 0.5) is 5.69 Å². The molecule has 0 aliphatic carbocycles. The molecule has 34 heavy (non-hydrogen) atoms. The molecule has 0 atom stereocenters. The highest BCUT2D eigenvalue weighted by molar-refractivity contribution is 6.01. The normalized spacial score (nSPS) is 14.5. The number of rotatable bonds is 10. The van der Waals surface area contributed by atoms with E-state index in [1.165, 1.54) is 18.7 Å². The maximum atomic E-state index is 12.3. The minimum atomic E-state index is -0.242. The van der Waals surface area contributed by atoms with Gasteiger partial charge in [-0.25, -0.2) is 0 Å². The molecule has 1 saturated heterocycles. The van der Waals surface area contributed by atoms with E-state index in [4.69, 9.17) is 20.5 Å². The summed E-state index contributed by atoms with van der Waals surface area (Å²) < 4.78 is 10.6. The molecule has 0 spiro atoms. The molecule has 3 N–H and O–H groups in total. The summed E-state index contributed by atoms with van der Waals surface area (Å²) in [5, 5.41) is 11.5. The maximum Gasteiger partial charge on any atom is 0.248 e. The van der Waals surface area contributed by atoms with Crippen molar-refractivity contribution in [3.63, 3.8) is 0 Å². The molecule has 0 aromatic heterocycles. The van der Waals surface area contributed by atoms with Crippen molar-refractivity contribution in [1.82, 2.24) is 4.90 Å². The van der Waals surface area contributed by atoms with Crippen LogP contribution in [0.3, 0.4) is 0 Å². The third kappa shape index (κ3) is 7.36. The van der Waals surface area contributed by atoms with Gasteiger partial charge in [0.05, 0.1) is 7.11 Å². The number of benzene rings is 2. The van der Waals surface area contributed by atoms with Gasteiger partial charge < -0.3 is 25.4 Å². The summed E-state index contributed by atoms with van der Waals surface area (Å²) >= 11 is 0. The predicted octanol–water partition coefficient (Wildman–Crippen LogP) is 2.99. The lowest BCUT2D eigenvalue weighted by atomic mass is 9.96. The van der Waals surface area contributed by atoms with Crippen LogP contribution < -0.4 is 20.5 Å². The number of amides is 2. The van der Waals surface area contributed by atoms with E-state index in [0.717, 1.165) is 50.1 Å². The lowest BCUT2D eigenvalue weighted by Crippen LogP contribution is -2.39. The highest BCUT2D eigenvalue weighted by atomic mass is 16.5. The number of primary amides is 1. The monoisotopic (exact) mass is 462 g/mol. The molecule has 0 radical (unpaired) electrons. The number of nitrogens with one attached hydrogen (secondary N) is 1. The Labute approximate surface area is 199 Å². The van der Waals surface area contributed by atoms with E-state index >= 15 is 0 Å². The summed E-state index contributed by atoms with van der Waals surface area (Å²) in [4.78, 5) is 26.0. The van der Waals surface area contributed by atoms with Gasteiger partial charge in [0, 0.05) is 24.2 Å². The number of nitrogens with zero attached hydrogens (tertiary/aromatic N) is 2. The second-order valence-corrected chi connectivity index (χ2v) is 8.14. The molecule has 0 unspecified atom stereocenters. The summed E-state index contributed by atoms with van der Waals surface area (Å²) in [6, 6.07) is 15.0. The Morgan fingerprint density at radius 1 is 1.18 bits per heavy atom. The van der Waals surface area contributed by atoms with Gasteiger partial charge in [0.2, 0.25) is 11.8 Å². The lowest BCUT2D eigenvalue weighted by Gasteiger charge is -2.30. The second kappa shape index (κ2) is 12.4. The van der Waals surface area contributed by atoms with Crippen molar-refractivity contribution in [1.29, 1.82) is 5.26 Å². The summed E-state index contributed by atoms with van der Waals surface area (Å²) in [6.45, 7) is 2.66. The van der Waals surface area contributed by atoms with Crippen LogP contribution in [0.2, 0.25) is 0 Å². The number of methoxy groups -OCH3 is 1. The van der Waals surface area contributed by atoms with Crippen molar-refractivity contribution in [2.75, 3.05) is 38.7 Å². The SMILES string of the molecule is COc1cc(/C=C/C(=O)Nc2ccc(CCN3CCC(C(N)=O)CC3)cc2)ccc1OCC#N. The third-order valence-corrected chi connectivity index (χ3v) is 5.84. The van der Waals surface area contributed by atoms with Gasteiger partial charge in [0.15, 0.2) is 18.1 Å². The van der Waals surface area contributed by atoms with Crippen molar-refractivity contribution in [3.05, 3.63) is 59.7 Å². The maximum absolute atomic E-state index is 12.3. The number of hydrogen-bond donors (Lipinski definition) is 2. The van der Waals surface area contributed by atoms with Crippen LogP contribution in [0.25, 0.3) is 6.08 Å². The van der Waals surface area contributed by atoms with Crippen LogP contribution in [-0.4, -0.2) is 50.1 Å². The standard InChI is InChI=1S/C26H30N4O4/c1-33-24-18-20(4-8-23(24)34-17-13-27)5-9-25(31)29-22-6-2-19(3-7-22)10-14-30-15-11-21(12-16-30)26(28)32/h2-9,18,21H,10-12,14-17H2,1H3,(H2,28,32)(H,29,31)/b9-5+. The summed E-state index contributed by atoms with van der Waals surface area (Å²) in [5.74, 6) is 0.546. The highest BCUT2D eigenvalue weighted by Gasteiger charge is 2.22. The molecule has 3 rings (SSSR count). The fourth-order valence-corrected chi connectivity index (χ4v) is 3.86. The first kappa shape index (κ1) is 24.8. The van der Waals surface area contributed by atoms with Gasteiger partial charge >= 0.3 is 0 Å². The number of hydrogen-bond acceptors (Lipinski definition) is 6. The molecule has 1 aliphatic heterocycles. The average molecular weight is 463 g/mol. The molecule has 178 valence electrons. The topological polar surface area (TPSA) is 118 Å². The summed E-state index contributed by atoms with van der Waals surface area (Å²) in [7, 11) is 1.52. The number of nitriles is 1. The number of ether oxygens (including phenoxy) is 2. The molecule has 1 heterocycles. The van der Waals surface area contributed by atoms with E-state index in [9.17, 15) is 9.59 Å². The van der Waals surface area contributed by atoms with Crippen molar-refractivity contribution in [3.8, 4) is 17.6 Å². The number of nitrogens with two attached hydrogens (primary N) is 1. The van der Waals surface area contributed by atoms with Crippen molar-refractivity contribution in [2.24, 2.45) is 11.7 Å². The van der Waals surface area contributed by atoms with E-state index in [-0.39, 0.29) is 24.3 Å². The van der Waals surface area contributed by atoms with Crippen LogP contribution in [0.15, 0.2) is 48.5 Å². The molecule has 1 aliphatic rings. The van der Waals surface area contributed by atoms with Gasteiger partial charge in [-0.3, -0.25) is 9.59 Å². The lowest BCUT2D eigenvalue weighted by molar-refractivity contribution is -0.123. The Kier molecular flexibility index (Phi) is 9.06. The van der Waals surface area contributed by atoms with E-state index in [2.05, 4.69) is 10.2 Å². The van der Waals surface area contributed by atoms with Gasteiger partial charge in [-0.05, 0) is 73.8 Å². The van der Waals surface area contributed by atoms with Gasteiger partial charge in [0.25, 0.3) is 0 Å². The zero-order valence-corrected chi connectivity index (χ0v) is 19.3. The molecular weight excluding hydrogens is 432 g/mol. The largest absolute Gasteiger partial charge is 0.493 e. The van der Waals surface area contributed by atoms with Gasteiger partial charge in [-0.15, -0.1) is 0 Å². The fraction of sp³-hybridized carbons (Fsp3) is 0.346. The minimum absolute atomic E-state index is 0.0121. The van der Waals surface area contributed by atoms with E-state index in [0.29, 0.717) is 11.5 Å². The van der Waals surface area contributed by atoms with Crippen LogP contribution in [0, 0.1) is 17.2 Å². The van der Waals surface area contributed by atoms with Gasteiger partial charge in [-0.2, -0.15) is 5.26 Å². The summed E-state index contributed by atoms with van der Waals surface area (Å²) in [6.07, 6.45) is 5.71. The van der Waals surface area contributed by atoms with E-state index in [1.54, 1.807) is 24.3 Å². The Morgan fingerprint density at radius 2 is 1.91 bits per heavy atom. The summed E-state index contributed by atoms with van der Waals surface area (Å²) in [5.41, 5.74) is 8.08. The van der Waals surface area contributed by atoms with Gasteiger partial charge in [0.1, 0.15) is 6.07 Å². The first-order chi connectivity index (χ1) is 16.5. The first-order valence-corrected chi connectivity index (χ1v) is 11.3. The molecule has 2 amide bonds. The zero-order valence-electron chi connectivity index (χ0n) is 19.3. The highest BCUT2D eigenvalue weighted by Crippen LogP contribution is 2.28. The van der Waals surface area contributed by atoms with Gasteiger partial charge in [-0.1, -0.05) is 18.2 Å². The molecule has 0 bridgehead atoms. The smallest absolute Gasteiger partial charge is 0.248 e. The Bertz CT molecular complexity index is 1050. The first-order valence-electron chi connectivity index (χ1n) is 11.3. The zero-order chi connectivity index (χ0) is 24.3. The molecule has 2 aromatic rings. The Balaban J connectivity index is 1.47. The van der Waals surface area contributed by atoms with Crippen LogP contribution >= 0.6 is 0 Å². The minimum Gasteiger partial charge on any atom is -0.493 e. The van der Waals surface area contributed by atoms with Crippen LogP contribution in [-0.2, 0) is 16.0 Å². The Hall–Kier alpha value is -3.83. The Morgan fingerprint density at radius 3 is 2.56 bits per heavy atom. The molecular formula is C26H30N4O4. The average Bonchev–Trinajstić information content (AvgIpc) is 2.86. The molecule has 0 saturated carbocycles. The molecule has 2 aromatic carbocycles. The molecule has 1 fully saturated rings. The van der Waals surface area contributed by atoms with Crippen molar-refractivity contribution in [2.45, 2.75) is 19.3 Å². The van der Waals surface area contributed by atoms with E-state index < -0.39 is 0 Å². The predicted molar refractivity (Wildman–Crippen MR) is 130 cm³/mol.